The molecule has 1 amide bonds. The van der Waals surface area contributed by atoms with E-state index in [2.05, 4.69) is 34.5 Å². The van der Waals surface area contributed by atoms with Crippen LogP contribution in [-0.4, -0.2) is 30.1 Å². The van der Waals surface area contributed by atoms with Crippen molar-refractivity contribution in [3.63, 3.8) is 0 Å². The average molecular weight is 405 g/mol. The predicted molar refractivity (Wildman–Crippen MR) is 115 cm³/mol. The summed E-state index contributed by atoms with van der Waals surface area (Å²) in [6.07, 6.45) is 3.73. The molecule has 5 heteroatoms. The summed E-state index contributed by atoms with van der Waals surface area (Å²) >= 11 is 1.73. The number of nitrogens with zero attached hydrogens (tertiary/aromatic N) is 1. The summed E-state index contributed by atoms with van der Waals surface area (Å²) in [7, 11) is 0. The first-order valence-electron chi connectivity index (χ1n) is 10.2. The minimum atomic E-state index is -0.120. The summed E-state index contributed by atoms with van der Waals surface area (Å²) in [6.45, 7) is 2.18. The number of rotatable bonds is 5. The number of carbonyl (C=O) groups excluding carboxylic acids is 1. The van der Waals surface area contributed by atoms with Crippen LogP contribution in [0.1, 0.15) is 29.8 Å². The normalized spacial score (nSPS) is 23.1. The van der Waals surface area contributed by atoms with Crippen LogP contribution >= 0.6 is 11.8 Å². The van der Waals surface area contributed by atoms with Gasteiger partial charge in [0.25, 0.3) is 5.91 Å². The summed E-state index contributed by atoms with van der Waals surface area (Å²) in [5.41, 5.74) is 0.974. The first-order valence-corrected chi connectivity index (χ1v) is 11.0. The monoisotopic (exact) mass is 404 g/mol. The lowest BCUT2D eigenvalue weighted by Gasteiger charge is -2.45. The van der Waals surface area contributed by atoms with Gasteiger partial charge < -0.3 is 9.73 Å². The molecule has 3 aromatic rings. The third-order valence-corrected chi connectivity index (χ3v) is 6.91. The largest absolute Gasteiger partial charge is 0.451 e. The molecule has 1 N–H and O–H groups in total. The first-order chi connectivity index (χ1) is 14.2. The Hall–Kier alpha value is -2.50. The molecule has 6 rings (SSSR count). The van der Waals surface area contributed by atoms with E-state index in [1.807, 2.05) is 36.4 Å². The number of nitrogens with one attached hydrogen (secondary N) is 1. The van der Waals surface area contributed by atoms with Gasteiger partial charge in [0.05, 0.1) is 6.17 Å². The molecule has 3 saturated heterocycles. The van der Waals surface area contributed by atoms with Gasteiger partial charge in [0, 0.05) is 28.4 Å². The van der Waals surface area contributed by atoms with Crippen molar-refractivity contribution in [2.45, 2.75) is 35.2 Å². The van der Waals surface area contributed by atoms with E-state index < -0.39 is 0 Å². The Morgan fingerprint density at radius 2 is 1.66 bits per heavy atom. The maximum Gasteiger partial charge on any atom is 0.288 e. The number of fused-ring (bicyclic) bond motifs is 3. The zero-order valence-corrected chi connectivity index (χ0v) is 17.0. The predicted octanol–water partition coefficient (Wildman–Crippen LogP) is 5.27. The van der Waals surface area contributed by atoms with Gasteiger partial charge in [0.15, 0.2) is 5.76 Å². The van der Waals surface area contributed by atoms with Crippen LogP contribution in [-0.2, 0) is 0 Å². The number of furan rings is 1. The topological polar surface area (TPSA) is 45.5 Å². The Morgan fingerprint density at radius 1 is 0.931 bits per heavy atom. The zero-order valence-electron chi connectivity index (χ0n) is 16.2. The van der Waals surface area contributed by atoms with Crippen LogP contribution in [0.2, 0.25) is 0 Å². The lowest BCUT2D eigenvalue weighted by atomic mass is 9.86. The molecule has 1 atom stereocenters. The van der Waals surface area contributed by atoms with Crippen LogP contribution in [0.15, 0.2) is 80.9 Å². The highest BCUT2D eigenvalue weighted by molar-refractivity contribution is 7.99. The molecule has 1 unspecified atom stereocenters. The van der Waals surface area contributed by atoms with Gasteiger partial charge in [-0.1, -0.05) is 42.1 Å². The molecule has 3 aliphatic heterocycles. The number of carbonyl (C=O) groups is 1. The lowest BCUT2D eigenvalue weighted by molar-refractivity contribution is 0.0286. The van der Waals surface area contributed by atoms with Crippen molar-refractivity contribution in [2.24, 2.45) is 5.92 Å². The van der Waals surface area contributed by atoms with Crippen LogP contribution in [0.25, 0.3) is 11.3 Å². The molecule has 2 bridgehead atoms. The fraction of sp³-hybridized carbons (Fsp3) is 0.292. The van der Waals surface area contributed by atoms with Crippen molar-refractivity contribution < 1.29 is 9.21 Å². The van der Waals surface area contributed by atoms with Crippen molar-refractivity contribution in [2.75, 3.05) is 13.1 Å². The molecule has 1 aromatic heterocycles. The number of amides is 1. The number of hydrogen-bond donors (Lipinski definition) is 1. The fourth-order valence-electron chi connectivity index (χ4n) is 4.26. The smallest absolute Gasteiger partial charge is 0.288 e. The van der Waals surface area contributed by atoms with E-state index in [1.54, 1.807) is 17.8 Å². The molecule has 0 saturated carbocycles. The molecule has 2 aromatic carbocycles. The summed E-state index contributed by atoms with van der Waals surface area (Å²) < 4.78 is 5.87. The van der Waals surface area contributed by atoms with Crippen LogP contribution < -0.4 is 5.32 Å². The van der Waals surface area contributed by atoms with Crippen molar-refractivity contribution in [1.29, 1.82) is 0 Å². The molecule has 0 spiro atoms. The van der Waals surface area contributed by atoms with Gasteiger partial charge in [0.1, 0.15) is 5.76 Å². The third kappa shape index (κ3) is 4.11. The van der Waals surface area contributed by atoms with Gasteiger partial charge >= 0.3 is 0 Å². The molecule has 0 radical (unpaired) electrons. The fourth-order valence-corrected chi connectivity index (χ4v) is 5.10. The third-order valence-electron chi connectivity index (χ3n) is 5.89. The molecular formula is C24H24N2O2S. The van der Waals surface area contributed by atoms with E-state index >= 15 is 0 Å². The van der Waals surface area contributed by atoms with Gasteiger partial charge in [0.2, 0.25) is 0 Å². The maximum atomic E-state index is 12.7. The second-order valence-corrected chi connectivity index (χ2v) is 8.95. The average Bonchev–Trinajstić information content (AvgIpc) is 3.26. The van der Waals surface area contributed by atoms with E-state index in [0.717, 1.165) is 36.8 Å². The Morgan fingerprint density at radius 3 is 2.34 bits per heavy atom. The van der Waals surface area contributed by atoms with Crippen molar-refractivity contribution in [1.82, 2.24) is 10.2 Å². The molecule has 3 aliphatic rings. The summed E-state index contributed by atoms with van der Waals surface area (Å²) in [4.78, 5) is 17.4. The maximum absolute atomic E-state index is 12.7. The molecule has 29 heavy (non-hydrogen) atoms. The molecule has 3 fully saturated rings. The molecule has 148 valence electrons. The molecular weight excluding hydrogens is 380 g/mol. The molecule has 4 heterocycles. The zero-order chi connectivity index (χ0) is 19.6. The van der Waals surface area contributed by atoms with E-state index in [4.69, 9.17) is 4.42 Å². The van der Waals surface area contributed by atoms with Gasteiger partial charge in [-0.15, -0.1) is 0 Å². The summed E-state index contributed by atoms with van der Waals surface area (Å²) in [5, 5.41) is 3.16. The Balaban J connectivity index is 1.24. The number of hydrogen-bond acceptors (Lipinski definition) is 4. The highest BCUT2D eigenvalue weighted by atomic mass is 32.2. The quantitative estimate of drug-likeness (QED) is 0.629. The van der Waals surface area contributed by atoms with Gasteiger partial charge in [-0.3, -0.25) is 9.69 Å². The summed E-state index contributed by atoms with van der Waals surface area (Å²) in [5.74, 6) is 1.73. The van der Waals surface area contributed by atoms with E-state index in [9.17, 15) is 4.79 Å². The molecule has 0 aliphatic carbocycles. The van der Waals surface area contributed by atoms with Crippen LogP contribution in [0.3, 0.4) is 0 Å². The van der Waals surface area contributed by atoms with Gasteiger partial charge in [-0.05, 0) is 61.6 Å². The van der Waals surface area contributed by atoms with Crippen LogP contribution in [0.4, 0.5) is 0 Å². The standard InChI is InChI=1S/C24H24N2O2S/c27-24(25-23-16-17-12-14-26(23)15-13-17)22-11-10-21(28-22)18-6-8-20(9-7-18)29-19-4-2-1-3-5-19/h1-11,17,23H,12-16H2,(H,25,27). The van der Waals surface area contributed by atoms with E-state index in [1.165, 1.54) is 22.6 Å². The second-order valence-electron chi connectivity index (χ2n) is 7.81. The SMILES string of the molecule is O=C(NC1CC2CCN1CC2)c1ccc(-c2ccc(Sc3ccccc3)cc2)o1. The first kappa shape index (κ1) is 18.5. The van der Waals surface area contributed by atoms with Crippen molar-refractivity contribution >= 4 is 17.7 Å². The van der Waals surface area contributed by atoms with Crippen LogP contribution in [0.5, 0.6) is 0 Å². The van der Waals surface area contributed by atoms with Gasteiger partial charge in [-0.25, -0.2) is 0 Å². The van der Waals surface area contributed by atoms with Gasteiger partial charge in [-0.2, -0.15) is 0 Å². The van der Waals surface area contributed by atoms with Crippen molar-refractivity contribution in [3.8, 4) is 11.3 Å². The summed E-state index contributed by atoms with van der Waals surface area (Å²) in [6, 6.07) is 22.2. The highest BCUT2D eigenvalue weighted by Crippen LogP contribution is 2.32. The highest BCUT2D eigenvalue weighted by Gasteiger charge is 2.34. The molecule has 4 nitrogen and oxygen atoms in total. The lowest BCUT2D eigenvalue weighted by Crippen LogP contribution is -2.56. The number of piperidine rings is 3. The Labute approximate surface area is 175 Å². The Bertz CT molecular complexity index is 976. The minimum Gasteiger partial charge on any atom is -0.451 e. The van der Waals surface area contributed by atoms with Crippen LogP contribution in [0, 0.1) is 5.92 Å². The minimum absolute atomic E-state index is 0.120. The number of benzene rings is 2. The van der Waals surface area contributed by atoms with Crippen molar-refractivity contribution in [3.05, 3.63) is 72.5 Å². The van der Waals surface area contributed by atoms with E-state index in [-0.39, 0.29) is 12.1 Å². The van der Waals surface area contributed by atoms with E-state index in [0.29, 0.717) is 5.76 Å². The second kappa shape index (κ2) is 8.09. The Kier molecular flexibility index (Phi) is 5.17.